The predicted octanol–water partition coefficient (Wildman–Crippen LogP) is 6.46. The Kier molecular flexibility index (Phi) is 10.7. The first-order valence-electron chi connectivity index (χ1n) is 13.7. The summed E-state index contributed by atoms with van der Waals surface area (Å²) in [6.07, 6.45) is 4.33. The Morgan fingerprint density at radius 2 is 1.48 bits per heavy atom. The fraction of sp³-hybridized carbons (Fsp3) is 0.226. The van der Waals surface area contributed by atoms with Crippen LogP contribution in [0.25, 0.3) is 0 Å². The third-order valence-electron chi connectivity index (χ3n) is 6.87. The average Bonchev–Trinajstić information content (AvgIpc) is 2.97. The monoisotopic (exact) mass is 643 g/mol. The second-order valence-corrected chi connectivity index (χ2v) is 12.0. The van der Waals surface area contributed by atoms with Gasteiger partial charge in [0.15, 0.2) is 0 Å². The summed E-state index contributed by atoms with van der Waals surface area (Å²) < 4.78 is 58.0. The van der Waals surface area contributed by atoms with Crippen molar-refractivity contribution >= 4 is 45.5 Å². The van der Waals surface area contributed by atoms with Crippen LogP contribution in [0.5, 0.6) is 11.6 Å². The van der Waals surface area contributed by atoms with E-state index >= 15 is 0 Å². The Bertz CT molecular complexity index is 1590. The number of pyridine rings is 1. The summed E-state index contributed by atoms with van der Waals surface area (Å²) in [6.45, 7) is 2.23. The summed E-state index contributed by atoms with van der Waals surface area (Å²) in [5.74, 6) is 0.120. The first-order chi connectivity index (χ1) is 20.6. The van der Waals surface area contributed by atoms with Crippen LogP contribution in [0.2, 0.25) is 0 Å². The van der Waals surface area contributed by atoms with Crippen LogP contribution in [0.4, 0.5) is 30.6 Å². The second-order valence-electron chi connectivity index (χ2n) is 10.3. The van der Waals surface area contributed by atoms with Gasteiger partial charge in [-0.1, -0.05) is 6.07 Å². The van der Waals surface area contributed by atoms with E-state index in [4.69, 9.17) is 4.74 Å². The maximum atomic E-state index is 13.5. The van der Waals surface area contributed by atoms with Crippen molar-refractivity contribution in [2.24, 2.45) is 0 Å². The molecule has 0 atom stereocenters. The van der Waals surface area contributed by atoms with Crippen LogP contribution in [0.15, 0.2) is 91.1 Å². The third kappa shape index (κ3) is 9.12. The van der Waals surface area contributed by atoms with Crippen LogP contribution < -0.4 is 19.7 Å². The van der Waals surface area contributed by atoms with E-state index in [2.05, 4.69) is 19.9 Å². The molecular formula is C31H32ClF2N5O4S. The van der Waals surface area contributed by atoms with Crippen LogP contribution in [-0.4, -0.2) is 49.7 Å². The molecule has 5 rings (SSSR count). The molecule has 1 aromatic heterocycles. The molecule has 0 unspecified atom stereocenters. The number of halogens is 3. The number of carbonyl (C=O) groups excluding carboxylic acids is 1. The number of benzene rings is 3. The number of piperidine rings is 1. The van der Waals surface area contributed by atoms with Gasteiger partial charge in [0.05, 0.1) is 17.6 Å². The molecule has 0 saturated carbocycles. The van der Waals surface area contributed by atoms with Gasteiger partial charge in [-0.2, -0.15) is 0 Å². The van der Waals surface area contributed by atoms with Gasteiger partial charge in [0, 0.05) is 43.6 Å². The van der Waals surface area contributed by atoms with Crippen LogP contribution in [-0.2, 0) is 16.6 Å². The highest BCUT2D eigenvalue weighted by Gasteiger charge is 2.25. The number of nitrogens with zero attached hydrogens (tertiary/aromatic N) is 3. The maximum Gasteiger partial charge on any atom is 0.326 e. The van der Waals surface area contributed by atoms with E-state index in [0.717, 1.165) is 37.8 Å². The number of hydrogen-bond acceptors (Lipinski definition) is 6. The quantitative estimate of drug-likeness (QED) is 0.217. The van der Waals surface area contributed by atoms with Crippen molar-refractivity contribution in [1.82, 2.24) is 15.2 Å². The van der Waals surface area contributed by atoms with Crippen molar-refractivity contribution < 1.29 is 26.7 Å². The molecule has 9 nitrogen and oxygen atoms in total. The largest absolute Gasteiger partial charge is 0.439 e. The van der Waals surface area contributed by atoms with E-state index in [-0.39, 0.29) is 24.5 Å². The molecule has 0 aliphatic carbocycles. The highest BCUT2D eigenvalue weighted by molar-refractivity contribution is 7.92. The zero-order chi connectivity index (χ0) is 30.4. The summed E-state index contributed by atoms with van der Waals surface area (Å²) in [6, 6.07) is 21.0. The van der Waals surface area contributed by atoms with E-state index in [1.165, 1.54) is 53.4 Å². The lowest BCUT2D eigenvalue weighted by molar-refractivity contribution is 0.188. The number of nitrogens with one attached hydrogen (secondary N) is 2. The number of urea groups is 1. The minimum Gasteiger partial charge on any atom is -0.439 e. The van der Waals surface area contributed by atoms with Gasteiger partial charge in [0.2, 0.25) is 15.9 Å². The molecule has 232 valence electrons. The highest BCUT2D eigenvalue weighted by Crippen LogP contribution is 2.27. The maximum absolute atomic E-state index is 13.5. The Morgan fingerprint density at radius 3 is 1.98 bits per heavy atom. The molecule has 3 aromatic carbocycles. The SMILES string of the molecule is CS(=O)(=O)Nc1ccc(Oc2ccc(CN3CCC(NC(=O)N(c4ccc(F)cc4)c4ccc(F)cc4)CC3)cn2)cc1.Cl. The normalized spacial score (nSPS) is 13.9. The third-order valence-corrected chi connectivity index (χ3v) is 7.48. The van der Waals surface area contributed by atoms with E-state index in [9.17, 15) is 22.0 Å². The molecule has 2 amide bonds. The number of rotatable bonds is 9. The fourth-order valence-electron chi connectivity index (χ4n) is 4.79. The Balaban J connectivity index is 0.00000442. The van der Waals surface area contributed by atoms with E-state index in [1.807, 2.05) is 6.07 Å². The smallest absolute Gasteiger partial charge is 0.326 e. The predicted molar refractivity (Wildman–Crippen MR) is 168 cm³/mol. The van der Waals surface area contributed by atoms with Crippen molar-refractivity contribution in [2.75, 3.05) is 29.0 Å². The van der Waals surface area contributed by atoms with Gasteiger partial charge in [-0.25, -0.2) is 27.0 Å². The van der Waals surface area contributed by atoms with Gasteiger partial charge >= 0.3 is 6.03 Å². The van der Waals surface area contributed by atoms with Crippen molar-refractivity contribution in [2.45, 2.75) is 25.4 Å². The molecule has 1 fully saturated rings. The number of ether oxygens (including phenoxy) is 1. The molecule has 1 aliphatic rings. The van der Waals surface area contributed by atoms with Gasteiger partial charge in [0.25, 0.3) is 0 Å². The summed E-state index contributed by atoms with van der Waals surface area (Å²) in [4.78, 5) is 21.5. The Hall–Kier alpha value is -4.26. The molecule has 0 spiro atoms. The average molecular weight is 644 g/mol. The van der Waals surface area contributed by atoms with Gasteiger partial charge in [-0.05, 0) is 91.2 Å². The molecular weight excluding hydrogens is 612 g/mol. The number of anilines is 3. The standard InChI is InChI=1S/C31H31F2N5O4S.ClH/c1-43(40,41)36-26-7-13-29(14-8-26)42-30-15-2-22(20-34-30)21-37-18-16-25(17-19-37)35-31(39)38(27-9-3-23(32)4-10-27)28-11-5-24(33)6-12-28;/h2-15,20,25,36H,16-19,21H2,1H3,(H,35,39);1H. The first-order valence-corrected chi connectivity index (χ1v) is 15.6. The highest BCUT2D eigenvalue weighted by atomic mass is 35.5. The van der Waals surface area contributed by atoms with Crippen LogP contribution in [0.1, 0.15) is 18.4 Å². The molecule has 44 heavy (non-hydrogen) atoms. The lowest BCUT2D eigenvalue weighted by Gasteiger charge is -2.34. The van der Waals surface area contributed by atoms with E-state index in [1.54, 1.807) is 36.5 Å². The fourth-order valence-corrected chi connectivity index (χ4v) is 5.35. The van der Waals surface area contributed by atoms with Gasteiger partial charge in [-0.15, -0.1) is 12.4 Å². The number of sulfonamides is 1. The molecule has 2 heterocycles. The van der Waals surface area contributed by atoms with Gasteiger partial charge in [0.1, 0.15) is 17.4 Å². The number of hydrogen-bond donors (Lipinski definition) is 2. The summed E-state index contributed by atoms with van der Waals surface area (Å²) in [5.41, 5.74) is 2.41. The van der Waals surface area contributed by atoms with Gasteiger partial charge in [-0.3, -0.25) is 14.5 Å². The molecule has 0 radical (unpaired) electrons. The molecule has 13 heteroatoms. The lowest BCUT2D eigenvalue weighted by atomic mass is 10.0. The first kappa shape index (κ1) is 32.6. The summed E-state index contributed by atoms with van der Waals surface area (Å²) in [5, 5.41) is 3.08. The number of carbonyl (C=O) groups is 1. The molecule has 1 aliphatic heterocycles. The van der Waals surface area contributed by atoms with Crippen LogP contribution >= 0.6 is 12.4 Å². The number of aromatic nitrogens is 1. The number of amides is 2. The molecule has 4 aromatic rings. The minimum atomic E-state index is -3.35. The van der Waals surface area contributed by atoms with Crippen molar-refractivity contribution in [1.29, 1.82) is 0 Å². The zero-order valence-electron chi connectivity index (χ0n) is 23.8. The Morgan fingerprint density at radius 1 is 0.909 bits per heavy atom. The Labute approximate surface area is 261 Å². The molecule has 2 N–H and O–H groups in total. The molecule has 0 bridgehead atoms. The van der Waals surface area contributed by atoms with Crippen molar-refractivity contribution in [3.63, 3.8) is 0 Å². The lowest BCUT2D eigenvalue weighted by Crippen LogP contribution is -2.48. The summed E-state index contributed by atoms with van der Waals surface area (Å²) >= 11 is 0. The van der Waals surface area contributed by atoms with Crippen LogP contribution in [0.3, 0.4) is 0 Å². The van der Waals surface area contributed by atoms with E-state index < -0.39 is 21.7 Å². The van der Waals surface area contributed by atoms with Crippen LogP contribution in [0, 0.1) is 11.6 Å². The second kappa shape index (κ2) is 14.5. The van der Waals surface area contributed by atoms with E-state index in [0.29, 0.717) is 35.2 Å². The summed E-state index contributed by atoms with van der Waals surface area (Å²) in [7, 11) is -3.35. The number of likely N-dealkylation sites (tertiary alicyclic amines) is 1. The minimum absolute atomic E-state index is 0. The van der Waals surface area contributed by atoms with Gasteiger partial charge < -0.3 is 10.1 Å². The topological polar surface area (TPSA) is 104 Å². The van der Waals surface area contributed by atoms with Crippen molar-refractivity contribution in [3.8, 4) is 11.6 Å². The van der Waals surface area contributed by atoms with Crippen molar-refractivity contribution in [3.05, 3.63) is 108 Å². The molecule has 1 saturated heterocycles. The zero-order valence-corrected chi connectivity index (χ0v) is 25.5.